The van der Waals surface area contributed by atoms with Crippen molar-refractivity contribution >= 4 is 32.8 Å². The van der Waals surface area contributed by atoms with Crippen molar-refractivity contribution in [3.63, 3.8) is 0 Å². The van der Waals surface area contributed by atoms with Crippen LogP contribution in [0.15, 0.2) is 44.4 Å². The number of carbonyl (C=O) groups excluding carboxylic acids is 1. The van der Waals surface area contributed by atoms with Crippen LogP contribution >= 0.6 is 11.3 Å². The number of rotatable bonds is 6. The monoisotopic (exact) mass is 391 g/mol. The third-order valence-corrected chi connectivity index (χ3v) is 5.52. The number of aromatic nitrogens is 2. The van der Waals surface area contributed by atoms with E-state index in [1.54, 1.807) is 13.0 Å². The molecule has 0 unspecified atom stereocenters. The lowest BCUT2D eigenvalue weighted by atomic mass is 10.2. The van der Waals surface area contributed by atoms with E-state index in [1.807, 2.05) is 16.8 Å². The van der Waals surface area contributed by atoms with Gasteiger partial charge in [0.25, 0.3) is 0 Å². The van der Waals surface area contributed by atoms with E-state index >= 15 is 0 Å². The largest absolute Gasteiger partial charge is 0.339 e. The lowest BCUT2D eigenvalue weighted by molar-refractivity contribution is -0.116. The minimum Gasteiger partial charge on any atom is -0.339 e. The van der Waals surface area contributed by atoms with Gasteiger partial charge in [0.15, 0.2) is 9.84 Å². The Morgan fingerprint density at radius 3 is 2.81 bits per heavy atom. The molecule has 0 bridgehead atoms. The van der Waals surface area contributed by atoms with Gasteiger partial charge in [0.2, 0.25) is 17.6 Å². The molecule has 2 heterocycles. The molecule has 1 aromatic carbocycles. The standard InChI is InChI=1S/C17H17N3O4S2/c1-11-3-4-13(26(2,22)23)9-14(11)18-15(21)5-6-16-19-17(20-24-16)12-7-8-25-10-12/h3-4,7-10H,5-6H2,1-2H3,(H,18,21). The van der Waals surface area contributed by atoms with Gasteiger partial charge < -0.3 is 9.84 Å². The number of anilines is 1. The molecule has 0 radical (unpaired) electrons. The first-order valence-electron chi connectivity index (χ1n) is 7.78. The van der Waals surface area contributed by atoms with Crippen LogP contribution in [-0.4, -0.2) is 30.7 Å². The van der Waals surface area contributed by atoms with Crippen molar-refractivity contribution in [3.8, 4) is 11.4 Å². The molecule has 0 saturated heterocycles. The number of aryl methyl sites for hydroxylation is 2. The number of thiophene rings is 1. The maximum atomic E-state index is 12.2. The molecule has 26 heavy (non-hydrogen) atoms. The Bertz CT molecular complexity index is 1020. The average Bonchev–Trinajstić information content (AvgIpc) is 3.25. The quantitative estimate of drug-likeness (QED) is 0.693. The van der Waals surface area contributed by atoms with Gasteiger partial charge in [-0.1, -0.05) is 11.2 Å². The second kappa shape index (κ2) is 7.38. The lowest BCUT2D eigenvalue weighted by Crippen LogP contribution is -2.14. The van der Waals surface area contributed by atoms with Crippen LogP contribution in [0.25, 0.3) is 11.4 Å². The van der Waals surface area contributed by atoms with Crippen molar-refractivity contribution in [3.05, 3.63) is 46.5 Å². The summed E-state index contributed by atoms with van der Waals surface area (Å²) < 4.78 is 28.5. The van der Waals surface area contributed by atoms with Crippen LogP contribution in [0.5, 0.6) is 0 Å². The molecule has 9 heteroatoms. The van der Waals surface area contributed by atoms with Gasteiger partial charge in [-0.05, 0) is 36.1 Å². The summed E-state index contributed by atoms with van der Waals surface area (Å²) in [6.07, 6.45) is 1.57. The van der Waals surface area contributed by atoms with Gasteiger partial charge in [-0.2, -0.15) is 16.3 Å². The molecule has 1 amide bonds. The maximum Gasteiger partial charge on any atom is 0.227 e. The topological polar surface area (TPSA) is 102 Å². The Kier molecular flexibility index (Phi) is 5.19. The van der Waals surface area contributed by atoms with Crippen LogP contribution < -0.4 is 5.32 Å². The van der Waals surface area contributed by atoms with Crippen molar-refractivity contribution in [1.29, 1.82) is 0 Å². The maximum absolute atomic E-state index is 12.2. The Morgan fingerprint density at radius 1 is 1.31 bits per heavy atom. The van der Waals surface area contributed by atoms with Crippen LogP contribution in [0, 0.1) is 6.92 Å². The molecule has 0 fully saturated rings. The highest BCUT2D eigenvalue weighted by Gasteiger charge is 2.13. The zero-order valence-electron chi connectivity index (χ0n) is 14.2. The summed E-state index contributed by atoms with van der Waals surface area (Å²) in [6.45, 7) is 1.80. The molecule has 2 aromatic heterocycles. The fraction of sp³-hybridized carbons (Fsp3) is 0.235. The highest BCUT2D eigenvalue weighted by molar-refractivity contribution is 7.90. The first kappa shape index (κ1) is 18.3. The Labute approximate surface area is 155 Å². The minimum atomic E-state index is -3.34. The number of carbonyl (C=O) groups is 1. The van der Waals surface area contributed by atoms with E-state index in [2.05, 4.69) is 15.5 Å². The summed E-state index contributed by atoms with van der Waals surface area (Å²) in [5.41, 5.74) is 2.13. The molecule has 0 spiro atoms. The molecule has 0 atom stereocenters. The van der Waals surface area contributed by atoms with Crippen molar-refractivity contribution in [2.24, 2.45) is 0 Å². The third kappa shape index (κ3) is 4.36. The lowest BCUT2D eigenvalue weighted by Gasteiger charge is -2.09. The third-order valence-electron chi connectivity index (χ3n) is 3.72. The fourth-order valence-corrected chi connectivity index (χ4v) is 3.55. The van der Waals surface area contributed by atoms with Crippen LogP contribution in [0.3, 0.4) is 0 Å². The fourth-order valence-electron chi connectivity index (χ4n) is 2.26. The molecule has 1 N–H and O–H groups in total. The molecular weight excluding hydrogens is 374 g/mol. The Morgan fingerprint density at radius 2 is 2.12 bits per heavy atom. The molecule has 0 saturated carbocycles. The van der Waals surface area contributed by atoms with E-state index < -0.39 is 9.84 Å². The molecule has 136 valence electrons. The van der Waals surface area contributed by atoms with Gasteiger partial charge in [-0.3, -0.25) is 4.79 Å². The number of hydrogen-bond donors (Lipinski definition) is 1. The molecule has 0 aliphatic rings. The van der Waals surface area contributed by atoms with Crippen molar-refractivity contribution in [1.82, 2.24) is 10.1 Å². The van der Waals surface area contributed by atoms with Gasteiger partial charge in [-0.15, -0.1) is 0 Å². The number of hydrogen-bond acceptors (Lipinski definition) is 7. The van der Waals surface area contributed by atoms with Crippen molar-refractivity contribution in [2.75, 3.05) is 11.6 Å². The van der Waals surface area contributed by atoms with Crippen molar-refractivity contribution in [2.45, 2.75) is 24.7 Å². The van der Waals surface area contributed by atoms with Gasteiger partial charge in [0, 0.05) is 35.7 Å². The average molecular weight is 391 g/mol. The summed E-state index contributed by atoms with van der Waals surface area (Å²) in [4.78, 5) is 16.6. The summed E-state index contributed by atoms with van der Waals surface area (Å²) >= 11 is 1.54. The number of benzene rings is 1. The summed E-state index contributed by atoms with van der Waals surface area (Å²) in [5, 5.41) is 10.5. The van der Waals surface area contributed by atoms with Gasteiger partial charge in [0.1, 0.15) is 0 Å². The van der Waals surface area contributed by atoms with Crippen LogP contribution in [0.4, 0.5) is 5.69 Å². The molecule has 7 nitrogen and oxygen atoms in total. The molecule has 3 rings (SSSR count). The van der Waals surface area contributed by atoms with E-state index in [9.17, 15) is 13.2 Å². The SMILES string of the molecule is Cc1ccc(S(C)(=O)=O)cc1NC(=O)CCc1nc(-c2ccsc2)no1. The smallest absolute Gasteiger partial charge is 0.227 e. The van der Waals surface area contributed by atoms with Crippen molar-refractivity contribution < 1.29 is 17.7 Å². The van der Waals surface area contributed by atoms with Crippen LogP contribution in [0.2, 0.25) is 0 Å². The Hall–Kier alpha value is -2.52. The number of nitrogens with zero attached hydrogens (tertiary/aromatic N) is 2. The predicted molar refractivity (Wildman–Crippen MR) is 98.9 cm³/mol. The van der Waals surface area contributed by atoms with Gasteiger partial charge in [0.05, 0.1) is 4.90 Å². The van der Waals surface area contributed by atoms with Crippen LogP contribution in [-0.2, 0) is 21.1 Å². The van der Waals surface area contributed by atoms with E-state index in [-0.39, 0.29) is 17.2 Å². The predicted octanol–water partition coefficient (Wildman–Crippen LogP) is 3.08. The molecular formula is C17H17N3O4S2. The van der Waals surface area contributed by atoms with Crippen LogP contribution in [0.1, 0.15) is 17.9 Å². The zero-order valence-corrected chi connectivity index (χ0v) is 15.9. The second-order valence-corrected chi connectivity index (χ2v) is 8.62. The summed E-state index contributed by atoms with van der Waals surface area (Å²) in [7, 11) is -3.34. The highest BCUT2D eigenvalue weighted by atomic mass is 32.2. The number of sulfone groups is 1. The zero-order chi connectivity index (χ0) is 18.7. The van der Waals surface area contributed by atoms with Gasteiger partial charge >= 0.3 is 0 Å². The normalized spacial score (nSPS) is 11.5. The summed E-state index contributed by atoms with van der Waals surface area (Å²) in [5.74, 6) is 0.621. The first-order chi connectivity index (χ1) is 12.3. The van der Waals surface area contributed by atoms with E-state index in [1.165, 1.54) is 23.5 Å². The number of nitrogens with one attached hydrogen (secondary N) is 1. The number of amides is 1. The molecule has 0 aliphatic heterocycles. The van der Waals surface area contributed by atoms with E-state index in [0.29, 0.717) is 23.8 Å². The molecule has 0 aliphatic carbocycles. The highest BCUT2D eigenvalue weighted by Crippen LogP contribution is 2.21. The first-order valence-corrected chi connectivity index (χ1v) is 10.6. The second-order valence-electron chi connectivity index (χ2n) is 5.82. The van der Waals surface area contributed by atoms with E-state index in [4.69, 9.17) is 4.52 Å². The summed E-state index contributed by atoms with van der Waals surface area (Å²) in [6, 6.07) is 6.54. The molecule has 3 aromatic rings. The van der Waals surface area contributed by atoms with E-state index in [0.717, 1.165) is 17.4 Å². The van der Waals surface area contributed by atoms with Gasteiger partial charge in [-0.25, -0.2) is 8.42 Å². The Balaban J connectivity index is 1.63. The minimum absolute atomic E-state index is 0.147.